The van der Waals surface area contributed by atoms with Crippen molar-refractivity contribution in [2.24, 2.45) is 11.3 Å². The van der Waals surface area contributed by atoms with Crippen molar-refractivity contribution >= 4 is 29.6 Å². The van der Waals surface area contributed by atoms with Crippen LogP contribution in [0.25, 0.3) is 5.73 Å². The molecular formula is C23H37N4O8Y-. The molecule has 2 rings (SSSR count). The summed E-state index contributed by atoms with van der Waals surface area (Å²) in [5.74, 6) is -2.39. The average Bonchev–Trinajstić information content (AvgIpc) is 3.08. The third-order valence-corrected chi connectivity index (χ3v) is 6.60. The number of nitrogens with one attached hydrogen (secondary N) is 3. The van der Waals surface area contributed by atoms with Gasteiger partial charge in [0, 0.05) is 72.0 Å². The smallest absolute Gasteiger partial charge is 0.333 e. The summed E-state index contributed by atoms with van der Waals surface area (Å²) in [6.07, 6.45) is -0.230. The van der Waals surface area contributed by atoms with E-state index in [0.717, 1.165) is 0 Å². The molecule has 1 radical (unpaired) electrons. The van der Waals surface area contributed by atoms with Crippen molar-refractivity contribution in [2.75, 3.05) is 13.2 Å². The van der Waals surface area contributed by atoms with Crippen LogP contribution in [0.1, 0.15) is 66.7 Å². The first kappa shape index (κ1) is 32.6. The normalized spacial score (nSPS) is 26.1. The predicted molar refractivity (Wildman–Crippen MR) is 123 cm³/mol. The number of amides is 4. The Morgan fingerprint density at radius 2 is 1.81 bits per heavy atom. The molecule has 2 aliphatic rings. The first-order valence-corrected chi connectivity index (χ1v) is 11.9. The molecule has 2 saturated heterocycles. The van der Waals surface area contributed by atoms with E-state index in [0.29, 0.717) is 17.9 Å². The van der Waals surface area contributed by atoms with Gasteiger partial charge in [0.2, 0.25) is 11.8 Å². The van der Waals surface area contributed by atoms with E-state index in [1.165, 1.54) is 13.8 Å². The second-order valence-corrected chi connectivity index (χ2v) is 9.67. The van der Waals surface area contributed by atoms with E-state index in [1.54, 1.807) is 0 Å². The molecule has 2 aliphatic heterocycles. The molecule has 13 heteroatoms. The van der Waals surface area contributed by atoms with E-state index in [9.17, 15) is 24.0 Å². The maximum absolute atomic E-state index is 11.9. The maximum Gasteiger partial charge on any atom is 0.333 e. The van der Waals surface area contributed by atoms with E-state index in [-0.39, 0.29) is 76.9 Å². The molecule has 36 heavy (non-hydrogen) atoms. The van der Waals surface area contributed by atoms with Crippen LogP contribution in [0.5, 0.6) is 0 Å². The van der Waals surface area contributed by atoms with Crippen LogP contribution in [0.15, 0.2) is 0 Å². The van der Waals surface area contributed by atoms with Crippen molar-refractivity contribution in [1.82, 2.24) is 15.7 Å². The summed E-state index contributed by atoms with van der Waals surface area (Å²) < 4.78 is 12.1. The molecule has 0 aromatic heterocycles. The number of rotatable bonds is 11. The summed E-state index contributed by atoms with van der Waals surface area (Å²) in [4.78, 5) is 63.6. The Balaban J connectivity index is 0.00000648. The van der Waals surface area contributed by atoms with Crippen molar-refractivity contribution in [3.8, 4) is 0 Å². The molecule has 5 atom stereocenters. The van der Waals surface area contributed by atoms with Gasteiger partial charge in [0.05, 0.1) is 12.1 Å². The summed E-state index contributed by atoms with van der Waals surface area (Å²) in [5, 5.41) is 6.16. The van der Waals surface area contributed by atoms with Crippen molar-refractivity contribution in [3.05, 3.63) is 5.73 Å². The predicted octanol–water partition coefficient (Wildman–Crippen LogP) is 1.23. The van der Waals surface area contributed by atoms with Crippen LogP contribution in [0.4, 0.5) is 0 Å². The molecule has 201 valence electrons. The number of hydrogen-bond acceptors (Lipinski definition) is 8. The van der Waals surface area contributed by atoms with Gasteiger partial charge in [-0.3, -0.25) is 19.2 Å². The van der Waals surface area contributed by atoms with Gasteiger partial charge in [0.1, 0.15) is 0 Å². The fourth-order valence-electron chi connectivity index (χ4n) is 4.05. The molecule has 12 nitrogen and oxygen atoms in total. The van der Waals surface area contributed by atoms with Gasteiger partial charge in [0.15, 0.2) is 6.29 Å². The third kappa shape index (κ3) is 8.83. The zero-order valence-electron chi connectivity index (χ0n) is 21.6. The minimum atomic E-state index is -0.894. The number of carbonyl (C=O) groups is 5. The molecule has 0 spiro atoms. The molecule has 2 fully saturated rings. The Morgan fingerprint density at radius 1 is 1.19 bits per heavy atom. The monoisotopic (exact) mass is 586 g/mol. The molecule has 5 unspecified atom stereocenters. The molecule has 3 N–H and O–H groups in total. The summed E-state index contributed by atoms with van der Waals surface area (Å²) in [6.45, 7) is 9.31. The van der Waals surface area contributed by atoms with Gasteiger partial charge < -0.3 is 30.7 Å². The van der Waals surface area contributed by atoms with E-state index < -0.39 is 53.6 Å². The van der Waals surface area contributed by atoms with Gasteiger partial charge in [0.25, 0.3) is 11.8 Å². The standard InChI is InChI=1S/C23H37N4O8.Y/c1-13-16(12-25-21(32)14(2)24)34-22(20(23(13,4)5)26-15(3)28)33-11-7-6-8-19(31)35-27-17(29)9-10-18(27)30;/h13-14,16,20,22,24H,6-12H2,1-5H3,(H,25,32)(H,26,28);/q-1;. The van der Waals surface area contributed by atoms with Gasteiger partial charge in [-0.1, -0.05) is 33.7 Å². The Labute approximate surface area is 236 Å². The number of imide groups is 1. The van der Waals surface area contributed by atoms with Crippen LogP contribution in [0, 0.1) is 11.3 Å². The molecular weight excluding hydrogens is 549 g/mol. The number of unbranched alkanes of at least 4 members (excludes halogenated alkanes) is 1. The van der Waals surface area contributed by atoms with Crippen LogP contribution in [0.2, 0.25) is 0 Å². The zero-order valence-corrected chi connectivity index (χ0v) is 24.5. The number of hydrogen-bond donors (Lipinski definition) is 2. The van der Waals surface area contributed by atoms with E-state index in [4.69, 9.17) is 20.0 Å². The molecule has 4 amide bonds. The summed E-state index contributed by atoms with van der Waals surface area (Å²) in [5.41, 5.74) is 7.09. The number of nitrogens with zero attached hydrogens (tertiary/aromatic N) is 1. The van der Waals surface area contributed by atoms with Crippen LogP contribution in [-0.4, -0.2) is 72.3 Å². The second-order valence-electron chi connectivity index (χ2n) is 9.67. The van der Waals surface area contributed by atoms with Crippen LogP contribution < -0.4 is 10.6 Å². The van der Waals surface area contributed by atoms with Gasteiger partial charge in [-0.25, -0.2) is 4.79 Å². The minimum absolute atomic E-state index is 0. The van der Waals surface area contributed by atoms with Crippen LogP contribution in [0.3, 0.4) is 0 Å². The number of ether oxygens (including phenoxy) is 2. The minimum Gasteiger partial charge on any atom is -0.667 e. The molecule has 0 aliphatic carbocycles. The Kier molecular flexibility index (Phi) is 13.1. The van der Waals surface area contributed by atoms with E-state index in [2.05, 4.69) is 10.6 Å². The largest absolute Gasteiger partial charge is 0.667 e. The van der Waals surface area contributed by atoms with E-state index in [1.807, 2.05) is 20.8 Å². The first-order valence-electron chi connectivity index (χ1n) is 11.9. The molecule has 2 heterocycles. The Hall–Kier alpha value is -1.47. The van der Waals surface area contributed by atoms with Gasteiger partial charge >= 0.3 is 5.97 Å². The topological polar surface area (TPSA) is 164 Å². The zero-order chi connectivity index (χ0) is 26.3. The van der Waals surface area contributed by atoms with Crippen LogP contribution in [-0.2, 0) is 71.0 Å². The first-order chi connectivity index (χ1) is 16.3. The number of carbonyl (C=O) groups excluding carboxylic acids is 5. The SMILES string of the molecule is CC(=O)NC1C(OCCCCC(=O)ON2C(=O)CCC2=O)OC(CNC(=O)C(C)[NH-])C(C)C1(C)C.[Y]. The average molecular weight is 586 g/mol. The molecule has 0 bridgehead atoms. The third-order valence-electron chi connectivity index (χ3n) is 6.60. The summed E-state index contributed by atoms with van der Waals surface area (Å²) >= 11 is 0. The fraction of sp³-hybridized carbons (Fsp3) is 0.783. The van der Waals surface area contributed by atoms with Gasteiger partial charge in [-0.15, -0.1) is 5.06 Å². The fourth-order valence-corrected chi connectivity index (χ4v) is 4.05. The Morgan fingerprint density at radius 3 is 2.36 bits per heavy atom. The second kappa shape index (κ2) is 14.5. The van der Waals surface area contributed by atoms with Crippen molar-refractivity contribution in [1.29, 1.82) is 0 Å². The maximum atomic E-state index is 11.9. The van der Waals surface area contributed by atoms with Gasteiger partial charge in [-0.05, 0) is 24.2 Å². The van der Waals surface area contributed by atoms with Crippen molar-refractivity contribution in [2.45, 2.75) is 91.2 Å². The van der Waals surface area contributed by atoms with Crippen molar-refractivity contribution in [3.63, 3.8) is 0 Å². The van der Waals surface area contributed by atoms with Crippen molar-refractivity contribution < 1.29 is 71.0 Å². The summed E-state index contributed by atoms with van der Waals surface area (Å²) in [7, 11) is 0. The van der Waals surface area contributed by atoms with E-state index >= 15 is 0 Å². The molecule has 0 aromatic carbocycles. The quantitative estimate of drug-likeness (QED) is 0.270. The van der Waals surface area contributed by atoms with Crippen LogP contribution >= 0.6 is 0 Å². The molecule has 0 saturated carbocycles. The Bertz CT molecular complexity index is 806. The number of hydroxylamine groups is 2. The van der Waals surface area contributed by atoms with Gasteiger partial charge in [-0.2, -0.15) is 0 Å². The summed E-state index contributed by atoms with van der Waals surface area (Å²) in [6, 6.07) is -1.34. The molecule has 0 aromatic rings.